The van der Waals surface area contributed by atoms with E-state index in [2.05, 4.69) is 29.1 Å². The van der Waals surface area contributed by atoms with E-state index >= 15 is 0 Å². The molecule has 1 fully saturated rings. The number of hydrogen-bond acceptors (Lipinski definition) is 5. The van der Waals surface area contributed by atoms with Crippen LogP contribution in [0.4, 0.5) is 5.82 Å². The fourth-order valence-electron chi connectivity index (χ4n) is 2.90. The molecule has 0 radical (unpaired) electrons. The number of fused-ring (bicyclic) bond motifs is 1. The number of carbonyl (C=O) groups excluding carboxylic acids is 1. The number of aryl methyl sites for hydroxylation is 1. The molecule has 6 nitrogen and oxygen atoms in total. The van der Waals surface area contributed by atoms with Gasteiger partial charge in [-0.3, -0.25) is 9.00 Å². The van der Waals surface area contributed by atoms with E-state index in [0.717, 1.165) is 29.3 Å². The summed E-state index contributed by atoms with van der Waals surface area (Å²) in [7, 11) is 0.799. The largest absolute Gasteiger partial charge is 0.364 e. The van der Waals surface area contributed by atoms with Gasteiger partial charge in [-0.2, -0.15) is 0 Å². The first-order valence-corrected chi connectivity index (χ1v) is 9.07. The Bertz CT molecular complexity index is 632. The highest BCUT2D eigenvalue weighted by Gasteiger charge is 2.29. The molecule has 0 aromatic carbocycles. The van der Waals surface area contributed by atoms with Gasteiger partial charge in [0.25, 0.3) is 0 Å². The third kappa shape index (κ3) is 2.86. The maximum Gasteiger partial charge on any atom is 0.222 e. The zero-order valence-corrected chi connectivity index (χ0v) is 14.1. The zero-order chi connectivity index (χ0) is 15.9. The van der Waals surface area contributed by atoms with Gasteiger partial charge in [-0.15, -0.1) is 0 Å². The average Bonchev–Trinajstić information content (AvgIpc) is 2.84. The van der Waals surface area contributed by atoms with Gasteiger partial charge in [0.2, 0.25) is 5.91 Å². The number of hydrogen-bond donors (Lipinski definition) is 1. The Balaban J connectivity index is 1.89. The minimum absolute atomic E-state index is 0.152. The molecule has 1 aromatic heterocycles. The van der Waals surface area contributed by atoms with Crippen LogP contribution in [-0.2, 0) is 22.0 Å². The maximum atomic E-state index is 12.3. The second-order valence-corrected chi connectivity index (χ2v) is 7.82. The van der Waals surface area contributed by atoms with Crippen molar-refractivity contribution in [1.82, 2.24) is 14.9 Å². The van der Waals surface area contributed by atoms with Crippen LogP contribution in [-0.4, -0.2) is 50.4 Å². The minimum atomic E-state index is -1.02. The minimum Gasteiger partial charge on any atom is -0.364 e. The first-order valence-electron chi connectivity index (χ1n) is 7.75. The molecular formula is C15H22N4O2S. The quantitative estimate of drug-likeness (QED) is 0.908. The zero-order valence-electron chi connectivity index (χ0n) is 13.3. The SMILES string of the molecule is CC(C)c1nc2c(c(NC3CCC(=O)N(C)C3)n1)S(=O)CC2. The lowest BCUT2D eigenvalue weighted by molar-refractivity contribution is -0.132. The molecule has 1 saturated heterocycles. The number of piperidine rings is 1. The summed E-state index contributed by atoms with van der Waals surface area (Å²) in [4.78, 5) is 23.3. The summed E-state index contributed by atoms with van der Waals surface area (Å²) in [5.74, 6) is 2.54. The van der Waals surface area contributed by atoms with Crippen molar-refractivity contribution >= 4 is 22.5 Å². The fraction of sp³-hybridized carbons (Fsp3) is 0.667. The van der Waals surface area contributed by atoms with Gasteiger partial charge in [-0.25, -0.2) is 9.97 Å². The van der Waals surface area contributed by atoms with Crippen LogP contribution in [0.1, 0.15) is 44.1 Å². The highest BCUT2D eigenvalue weighted by molar-refractivity contribution is 7.85. The molecule has 120 valence electrons. The highest BCUT2D eigenvalue weighted by Crippen LogP contribution is 2.30. The van der Waals surface area contributed by atoms with Gasteiger partial charge in [0.15, 0.2) is 0 Å². The van der Waals surface area contributed by atoms with Crippen molar-refractivity contribution in [3.8, 4) is 0 Å². The van der Waals surface area contributed by atoms with Crippen LogP contribution in [0.25, 0.3) is 0 Å². The van der Waals surface area contributed by atoms with Crippen LogP contribution in [0.15, 0.2) is 4.90 Å². The van der Waals surface area contributed by atoms with Gasteiger partial charge in [-0.1, -0.05) is 13.8 Å². The van der Waals surface area contributed by atoms with E-state index in [1.54, 1.807) is 4.90 Å². The lowest BCUT2D eigenvalue weighted by atomic mass is 10.1. The molecule has 3 rings (SSSR count). The summed E-state index contributed by atoms with van der Waals surface area (Å²) in [6.07, 6.45) is 2.08. The van der Waals surface area contributed by atoms with Crippen molar-refractivity contribution in [3.63, 3.8) is 0 Å². The number of likely N-dealkylation sites (N-methyl/N-ethyl adjacent to an activating group) is 1. The first-order chi connectivity index (χ1) is 10.5. The summed E-state index contributed by atoms with van der Waals surface area (Å²) in [6.45, 7) is 4.77. The smallest absolute Gasteiger partial charge is 0.222 e. The second kappa shape index (κ2) is 5.95. The van der Waals surface area contributed by atoms with Crippen LogP contribution in [0.5, 0.6) is 0 Å². The van der Waals surface area contributed by atoms with Crippen LogP contribution in [0.2, 0.25) is 0 Å². The summed E-state index contributed by atoms with van der Waals surface area (Å²) >= 11 is 0. The second-order valence-electron chi connectivity index (χ2n) is 6.31. The number of likely N-dealkylation sites (tertiary alicyclic amines) is 1. The normalized spacial score (nSPS) is 24.7. The van der Waals surface area contributed by atoms with Crippen molar-refractivity contribution in [2.45, 2.75) is 50.0 Å². The third-order valence-corrected chi connectivity index (χ3v) is 5.65. The molecule has 0 saturated carbocycles. The number of anilines is 1. The number of nitrogens with one attached hydrogen (secondary N) is 1. The molecule has 2 atom stereocenters. The molecule has 3 heterocycles. The first kappa shape index (κ1) is 15.4. The van der Waals surface area contributed by atoms with Gasteiger partial charge >= 0.3 is 0 Å². The van der Waals surface area contributed by atoms with E-state index in [9.17, 15) is 9.00 Å². The van der Waals surface area contributed by atoms with Gasteiger partial charge < -0.3 is 10.2 Å². The van der Waals surface area contributed by atoms with Crippen LogP contribution in [0, 0.1) is 0 Å². The van der Waals surface area contributed by atoms with E-state index in [4.69, 9.17) is 0 Å². The van der Waals surface area contributed by atoms with Crippen molar-refractivity contribution < 1.29 is 9.00 Å². The van der Waals surface area contributed by atoms with E-state index in [-0.39, 0.29) is 17.9 Å². The summed E-state index contributed by atoms with van der Waals surface area (Å²) < 4.78 is 12.3. The topological polar surface area (TPSA) is 75.2 Å². The standard InChI is InChI=1S/C15H22N4O2S/c1-9(2)14-17-11-6-7-22(21)13(11)15(18-14)16-10-4-5-12(20)19(3)8-10/h9-10H,4-8H2,1-3H3,(H,16,17,18). The molecule has 1 N–H and O–H groups in total. The van der Waals surface area contributed by atoms with Gasteiger partial charge in [0, 0.05) is 44.1 Å². The van der Waals surface area contributed by atoms with Crippen molar-refractivity contribution in [3.05, 3.63) is 11.5 Å². The summed E-state index contributed by atoms with van der Waals surface area (Å²) in [5, 5.41) is 3.42. The van der Waals surface area contributed by atoms with E-state index < -0.39 is 10.8 Å². The number of amides is 1. The predicted octanol–water partition coefficient (Wildman–Crippen LogP) is 1.30. The molecule has 1 aromatic rings. The lowest BCUT2D eigenvalue weighted by Gasteiger charge is -2.31. The molecule has 2 aliphatic rings. The van der Waals surface area contributed by atoms with Crippen molar-refractivity contribution in [2.75, 3.05) is 24.7 Å². The fourth-order valence-corrected chi connectivity index (χ4v) is 4.21. The van der Waals surface area contributed by atoms with E-state index in [0.29, 0.717) is 24.5 Å². The van der Waals surface area contributed by atoms with Gasteiger partial charge in [0.05, 0.1) is 16.5 Å². The molecule has 2 aliphatic heterocycles. The Labute approximate surface area is 133 Å². The molecule has 1 amide bonds. The Morgan fingerprint density at radius 3 is 2.77 bits per heavy atom. The van der Waals surface area contributed by atoms with Crippen molar-refractivity contribution in [1.29, 1.82) is 0 Å². The Morgan fingerprint density at radius 1 is 1.32 bits per heavy atom. The molecule has 0 aliphatic carbocycles. The highest BCUT2D eigenvalue weighted by atomic mass is 32.2. The molecule has 22 heavy (non-hydrogen) atoms. The van der Waals surface area contributed by atoms with Gasteiger partial charge in [-0.05, 0) is 6.42 Å². The van der Waals surface area contributed by atoms with Crippen LogP contribution < -0.4 is 5.32 Å². The monoisotopic (exact) mass is 322 g/mol. The molecule has 2 unspecified atom stereocenters. The van der Waals surface area contributed by atoms with E-state index in [1.807, 2.05) is 7.05 Å². The van der Waals surface area contributed by atoms with Gasteiger partial charge in [0.1, 0.15) is 16.5 Å². The molecule has 0 spiro atoms. The molecule has 0 bridgehead atoms. The predicted molar refractivity (Wildman–Crippen MR) is 85.4 cm³/mol. The lowest BCUT2D eigenvalue weighted by Crippen LogP contribution is -2.43. The van der Waals surface area contributed by atoms with Crippen molar-refractivity contribution in [2.24, 2.45) is 0 Å². The summed E-state index contributed by atoms with van der Waals surface area (Å²) in [5.41, 5.74) is 0.916. The third-order valence-electron chi connectivity index (χ3n) is 4.19. The average molecular weight is 322 g/mol. The number of aromatic nitrogens is 2. The number of nitrogens with zero attached hydrogens (tertiary/aromatic N) is 3. The number of carbonyl (C=O) groups is 1. The van der Waals surface area contributed by atoms with Crippen LogP contribution in [0.3, 0.4) is 0 Å². The Kier molecular flexibility index (Phi) is 4.16. The van der Waals surface area contributed by atoms with Crippen LogP contribution >= 0.6 is 0 Å². The maximum absolute atomic E-state index is 12.3. The van der Waals surface area contributed by atoms with E-state index in [1.165, 1.54) is 0 Å². The Morgan fingerprint density at radius 2 is 2.09 bits per heavy atom. The number of rotatable bonds is 3. The molecular weight excluding hydrogens is 300 g/mol. The summed E-state index contributed by atoms with van der Waals surface area (Å²) in [6, 6.07) is 0.152. The molecule has 7 heteroatoms. The Hall–Kier alpha value is -1.50.